The van der Waals surface area contributed by atoms with Gasteiger partial charge in [0.1, 0.15) is 0 Å². The molecule has 4 nitrogen and oxygen atoms in total. The Kier molecular flexibility index (Phi) is 4.80. The van der Waals surface area contributed by atoms with Crippen LogP contribution in [0, 0.1) is 0 Å². The molecule has 1 aromatic heterocycles. The van der Waals surface area contributed by atoms with E-state index in [-0.39, 0.29) is 5.91 Å². The summed E-state index contributed by atoms with van der Waals surface area (Å²) in [7, 11) is 0. The van der Waals surface area contributed by atoms with Crippen molar-refractivity contribution in [1.29, 1.82) is 0 Å². The van der Waals surface area contributed by atoms with Gasteiger partial charge in [0.15, 0.2) is 0 Å². The molecule has 3 aromatic rings. The predicted octanol–water partition coefficient (Wildman–Crippen LogP) is 3.32. The Hall–Kier alpha value is -2.50. The Morgan fingerprint density at radius 1 is 1.17 bits per heavy atom. The minimum Gasteiger partial charge on any atom is -0.325 e. The van der Waals surface area contributed by atoms with Crippen LogP contribution in [0.25, 0.3) is 11.3 Å². The molecule has 0 fully saturated rings. The molecule has 0 spiro atoms. The number of nitrogens with two attached hydrogens (primary N) is 1. The van der Waals surface area contributed by atoms with Crippen LogP contribution >= 0.6 is 11.3 Å². The van der Waals surface area contributed by atoms with Gasteiger partial charge in [-0.15, -0.1) is 11.3 Å². The van der Waals surface area contributed by atoms with Crippen molar-refractivity contribution in [3.8, 4) is 11.3 Å². The van der Waals surface area contributed by atoms with Crippen molar-refractivity contribution in [2.45, 2.75) is 12.5 Å². The first kappa shape index (κ1) is 15.4. The molecule has 0 unspecified atom stereocenters. The molecule has 0 radical (unpaired) electrons. The number of carbonyl (C=O) groups is 1. The number of rotatable bonds is 5. The highest BCUT2D eigenvalue weighted by Crippen LogP contribution is 2.22. The van der Waals surface area contributed by atoms with Gasteiger partial charge in [-0.2, -0.15) is 0 Å². The maximum Gasteiger partial charge on any atom is 0.241 e. The molecule has 3 rings (SSSR count). The summed E-state index contributed by atoms with van der Waals surface area (Å²) >= 11 is 1.54. The second-order valence-electron chi connectivity index (χ2n) is 5.24. The number of benzene rings is 2. The van der Waals surface area contributed by atoms with Gasteiger partial charge in [-0.05, 0) is 24.1 Å². The van der Waals surface area contributed by atoms with Gasteiger partial charge in [-0.1, -0.05) is 42.5 Å². The van der Waals surface area contributed by atoms with Crippen molar-refractivity contribution in [2.24, 2.45) is 5.73 Å². The van der Waals surface area contributed by atoms with Gasteiger partial charge < -0.3 is 11.1 Å². The third-order valence-corrected chi connectivity index (χ3v) is 4.08. The third-order valence-electron chi connectivity index (χ3n) is 3.49. The summed E-state index contributed by atoms with van der Waals surface area (Å²) in [4.78, 5) is 16.5. The lowest BCUT2D eigenvalue weighted by atomic mass is 10.1. The maximum atomic E-state index is 12.3. The zero-order chi connectivity index (χ0) is 16.1. The largest absolute Gasteiger partial charge is 0.325 e. The van der Waals surface area contributed by atoms with Gasteiger partial charge in [0, 0.05) is 16.6 Å². The van der Waals surface area contributed by atoms with E-state index in [0.29, 0.717) is 6.42 Å². The highest BCUT2D eigenvalue weighted by atomic mass is 32.1. The van der Waals surface area contributed by atoms with Crippen LogP contribution in [0.1, 0.15) is 5.56 Å². The number of anilines is 1. The predicted molar refractivity (Wildman–Crippen MR) is 94.3 cm³/mol. The van der Waals surface area contributed by atoms with Gasteiger partial charge in [0.05, 0.1) is 17.2 Å². The van der Waals surface area contributed by atoms with E-state index < -0.39 is 6.04 Å². The zero-order valence-electron chi connectivity index (χ0n) is 12.5. The Morgan fingerprint density at radius 2 is 2.00 bits per heavy atom. The van der Waals surface area contributed by atoms with E-state index in [1.165, 1.54) is 0 Å². The summed E-state index contributed by atoms with van der Waals surface area (Å²) in [5.41, 5.74) is 11.4. The molecule has 3 N–H and O–H groups in total. The van der Waals surface area contributed by atoms with E-state index in [1.54, 1.807) is 16.8 Å². The lowest BCUT2D eigenvalue weighted by molar-refractivity contribution is -0.117. The normalized spacial score (nSPS) is 11.9. The van der Waals surface area contributed by atoms with Crippen LogP contribution in [-0.2, 0) is 11.2 Å². The van der Waals surface area contributed by atoms with Crippen LogP contribution in [0.2, 0.25) is 0 Å². The van der Waals surface area contributed by atoms with Crippen molar-refractivity contribution < 1.29 is 4.79 Å². The summed E-state index contributed by atoms with van der Waals surface area (Å²) < 4.78 is 0. The van der Waals surface area contributed by atoms with Crippen molar-refractivity contribution in [2.75, 3.05) is 5.32 Å². The highest BCUT2D eigenvalue weighted by Gasteiger charge is 2.14. The van der Waals surface area contributed by atoms with E-state index in [4.69, 9.17) is 5.73 Å². The van der Waals surface area contributed by atoms with E-state index in [9.17, 15) is 4.79 Å². The van der Waals surface area contributed by atoms with Crippen LogP contribution < -0.4 is 11.1 Å². The molecule has 23 heavy (non-hydrogen) atoms. The fourth-order valence-electron chi connectivity index (χ4n) is 2.31. The lowest BCUT2D eigenvalue weighted by Gasteiger charge is -2.13. The molecule has 0 aliphatic carbocycles. The summed E-state index contributed by atoms with van der Waals surface area (Å²) in [5, 5.41) is 4.85. The average molecular weight is 323 g/mol. The van der Waals surface area contributed by atoms with Gasteiger partial charge in [-0.3, -0.25) is 4.79 Å². The highest BCUT2D eigenvalue weighted by molar-refractivity contribution is 7.07. The molecule has 1 atom stereocenters. The minimum absolute atomic E-state index is 0.190. The fraction of sp³-hybridized carbons (Fsp3) is 0.111. The van der Waals surface area contributed by atoms with Crippen LogP contribution in [0.15, 0.2) is 65.5 Å². The summed E-state index contributed by atoms with van der Waals surface area (Å²) in [6.07, 6.45) is 0.512. The van der Waals surface area contributed by atoms with Gasteiger partial charge in [0.2, 0.25) is 5.91 Å². The van der Waals surface area contributed by atoms with Crippen LogP contribution in [-0.4, -0.2) is 16.9 Å². The molecular weight excluding hydrogens is 306 g/mol. The smallest absolute Gasteiger partial charge is 0.241 e. The van der Waals surface area contributed by atoms with Gasteiger partial charge in [0.25, 0.3) is 0 Å². The molecule has 0 aliphatic rings. The zero-order valence-corrected chi connectivity index (χ0v) is 13.3. The van der Waals surface area contributed by atoms with E-state index in [1.807, 2.05) is 60.0 Å². The Bertz CT molecular complexity index is 772. The minimum atomic E-state index is -0.583. The van der Waals surface area contributed by atoms with E-state index in [0.717, 1.165) is 22.5 Å². The van der Waals surface area contributed by atoms with Crippen molar-refractivity contribution in [3.05, 3.63) is 71.1 Å². The Balaban J connectivity index is 1.67. The molecular formula is C18H17N3OS. The number of aromatic nitrogens is 1. The van der Waals surface area contributed by atoms with Gasteiger partial charge in [-0.25, -0.2) is 4.98 Å². The molecule has 0 saturated heterocycles. The van der Waals surface area contributed by atoms with Crippen molar-refractivity contribution in [3.63, 3.8) is 0 Å². The first-order valence-electron chi connectivity index (χ1n) is 7.31. The molecule has 0 bridgehead atoms. The van der Waals surface area contributed by atoms with Crippen molar-refractivity contribution in [1.82, 2.24) is 4.98 Å². The first-order valence-corrected chi connectivity index (χ1v) is 8.25. The standard InChI is InChI=1S/C18H17N3OS/c19-16(9-13-5-2-1-3-6-13)18(22)21-15-8-4-7-14(10-15)17-11-23-12-20-17/h1-8,10-12,16H,9,19H2,(H,21,22)/t16-/m0/s1. The number of hydrogen-bond donors (Lipinski definition) is 2. The third kappa shape index (κ3) is 4.03. The second kappa shape index (κ2) is 7.17. The monoisotopic (exact) mass is 323 g/mol. The quantitative estimate of drug-likeness (QED) is 0.757. The number of nitrogens with zero attached hydrogens (tertiary/aromatic N) is 1. The van der Waals surface area contributed by atoms with Crippen LogP contribution in [0.4, 0.5) is 5.69 Å². The molecule has 1 amide bonds. The number of carbonyl (C=O) groups excluding carboxylic acids is 1. The molecule has 0 aliphatic heterocycles. The maximum absolute atomic E-state index is 12.3. The number of thiazole rings is 1. The number of nitrogens with one attached hydrogen (secondary N) is 1. The van der Waals surface area contributed by atoms with Crippen molar-refractivity contribution >= 4 is 22.9 Å². The number of amides is 1. The van der Waals surface area contributed by atoms with Crippen LogP contribution in [0.3, 0.4) is 0 Å². The van der Waals surface area contributed by atoms with Gasteiger partial charge >= 0.3 is 0 Å². The first-order chi connectivity index (χ1) is 11.2. The topological polar surface area (TPSA) is 68.0 Å². The Labute approximate surface area is 139 Å². The van der Waals surface area contributed by atoms with E-state index in [2.05, 4.69) is 10.3 Å². The Morgan fingerprint density at radius 3 is 2.74 bits per heavy atom. The molecule has 5 heteroatoms. The van der Waals surface area contributed by atoms with Crippen LogP contribution in [0.5, 0.6) is 0 Å². The molecule has 1 heterocycles. The summed E-state index contributed by atoms with van der Waals surface area (Å²) in [6.45, 7) is 0. The van der Waals surface area contributed by atoms with E-state index >= 15 is 0 Å². The summed E-state index contributed by atoms with van der Waals surface area (Å²) in [5.74, 6) is -0.190. The SMILES string of the molecule is N[C@@H](Cc1ccccc1)C(=O)Nc1cccc(-c2cscn2)c1. The second-order valence-corrected chi connectivity index (χ2v) is 5.96. The lowest BCUT2D eigenvalue weighted by Crippen LogP contribution is -2.37. The molecule has 116 valence electrons. The molecule has 2 aromatic carbocycles. The molecule has 0 saturated carbocycles. The average Bonchev–Trinajstić information content (AvgIpc) is 3.10. The summed E-state index contributed by atoms with van der Waals surface area (Å²) in [6, 6.07) is 16.8. The fourth-order valence-corrected chi connectivity index (χ4v) is 2.87. The number of hydrogen-bond acceptors (Lipinski definition) is 4.